The number of hydrogen-bond acceptors (Lipinski definition) is 7. The topological polar surface area (TPSA) is 142 Å². The molecule has 0 aromatic heterocycles. The number of halogens is 1. The van der Waals surface area contributed by atoms with Crippen LogP contribution in [-0.2, 0) is 35.6 Å². The molecule has 246 valence electrons. The Labute approximate surface area is 274 Å². The van der Waals surface area contributed by atoms with Crippen LogP contribution in [0.15, 0.2) is 66.7 Å². The van der Waals surface area contributed by atoms with E-state index >= 15 is 0 Å². The molecule has 3 N–H and O–H groups in total. The van der Waals surface area contributed by atoms with Crippen molar-refractivity contribution in [2.45, 2.75) is 37.9 Å². The van der Waals surface area contributed by atoms with Crippen molar-refractivity contribution < 1.29 is 27.5 Å². The second kappa shape index (κ2) is 14.9. The molecule has 2 heterocycles. The van der Waals surface area contributed by atoms with Gasteiger partial charge in [-0.3, -0.25) is 19.3 Å². The Balaban J connectivity index is 1.41. The molecular weight excluding hydrogens is 630 g/mol. The van der Waals surface area contributed by atoms with Crippen LogP contribution in [0.4, 0.5) is 0 Å². The number of sulfonamides is 1. The quantitative estimate of drug-likeness (QED) is 0.319. The molecule has 3 amide bonds. The molecule has 2 aliphatic heterocycles. The fraction of sp³-hybridized carbons (Fsp3) is 0.424. The maximum atomic E-state index is 14.5. The van der Waals surface area contributed by atoms with Crippen LogP contribution in [-0.4, -0.2) is 105 Å². The summed E-state index contributed by atoms with van der Waals surface area (Å²) in [6.45, 7) is 4.17. The van der Waals surface area contributed by atoms with E-state index in [4.69, 9.17) is 22.1 Å². The van der Waals surface area contributed by atoms with Gasteiger partial charge < -0.3 is 20.3 Å². The number of ether oxygens (including phenoxy) is 1. The van der Waals surface area contributed by atoms with Crippen molar-refractivity contribution in [2.75, 3.05) is 51.7 Å². The average molecular weight is 670 g/mol. The molecular formula is C33H40ClN5O6S. The van der Waals surface area contributed by atoms with E-state index in [-0.39, 0.29) is 18.7 Å². The number of nitrogens with one attached hydrogen (secondary N) is 1. The van der Waals surface area contributed by atoms with E-state index in [0.29, 0.717) is 49.9 Å². The lowest BCUT2D eigenvalue weighted by molar-refractivity contribution is -0.148. The first kappa shape index (κ1) is 33.8. The largest absolute Gasteiger partial charge is 0.379 e. The number of carbonyl (C=O) groups is 3. The monoisotopic (exact) mass is 669 g/mol. The minimum absolute atomic E-state index is 0.171. The molecule has 0 saturated carbocycles. The molecule has 0 spiro atoms. The Bertz CT molecular complexity index is 1680. The highest BCUT2D eigenvalue weighted by Gasteiger charge is 2.43. The van der Waals surface area contributed by atoms with E-state index in [1.807, 2.05) is 54.3 Å². The second-order valence-corrected chi connectivity index (χ2v) is 14.1. The van der Waals surface area contributed by atoms with Gasteiger partial charge in [0.2, 0.25) is 21.8 Å². The smallest absolute Gasteiger partial charge is 0.250 e. The van der Waals surface area contributed by atoms with Gasteiger partial charge in [-0.25, -0.2) is 13.1 Å². The third-order valence-electron chi connectivity index (χ3n) is 8.73. The van der Waals surface area contributed by atoms with Crippen LogP contribution < -0.4 is 10.5 Å². The van der Waals surface area contributed by atoms with Gasteiger partial charge in [0.15, 0.2) is 0 Å². The summed E-state index contributed by atoms with van der Waals surface area (Å²) in [4.78, 5) is 46.3. The zero-order valence-electron chi connectivity index (χ0n) is 25.8. The van der Waals surface area contributed by atoms with Crippen molar-refractivity contribution in [3.63, 3.8) is 0 Å². The number of benzene rings is 3. The first-order chi connectivity index (χ1) is 22.0. The Morgan fingerprint density at radius 2 is 1.76 bits per heavy atom. The zero-order valence-corrected chi connectivity index (χ0v) is 27.4. The molecule has 0 bridgehead atoms. The summed E-state index contributed by atoms with van der Waals surface area (Å²) in [6, 6.07) is 17.6. The number of rotatable bonds is 11. The van der Waals surface area contributed by atoms with Crippen LogP contribution >= 0.6 is 11.6 Å². The molecule has 46 heavy (non-hydrogen) atoms. The predicted molar refractivity (Wildman–Crippen MR) is 177 cm³/mol. The van der Waals surface area contributed by atoms with E-state index in [1.54, 1.807) is 24.3 Å². The lowest BCUT2D eigenvalue weighted by atomic mass is 9.96. The molecule has 5 rings (SSSR count). The van der Waals surface area contributed by atoms with E-state index < -0.39 is 52.4 Å². The maximum Gasteiger partial charge on any atom is 0.250 e. The molecule has 3 aromatic rings. The summed E-state index contributed by atoms with van der Waals surface area (Å²) < 4.78 is 33.5. The second-order valence-electron chi connectivity index (χ2n) is 11.8. The first-order valence-corrected chi connectivity index (χ1v) is 17.5. The van der Waals surface area contributed by atoms with Gasteiger partial charge >= 0.3 is 0 Å². The number of hydrogen-bond donors (Lipinski definition) is 2. The number of carbonyl (C=O) groups excluding carboxylic acids is 3. The fourth-order valence-electron chi connectivity index (χ4n) is 6.24. The third-order valence-corrected chi connectivity index (χ3v) is 10.3. The molecule has 2 fully saturated rings. The van der Waals surface area contributed by atoms with E-state index in [0.717, 1.165) is 16.3 Å². The predicted octanol–water partition coefficient (Wildman–Crippen LogP) is 2.33. The van der Waals surface area contributed by atoms with Crippen LogP contribution in [0.1, 0.15) is 30.5 Å². The van der Waals surface area contributed by atoms with Crippen molar-refractivity contribution in [2.24, 2.45) is 5.73 Å². The van der Waals surface area contributed by atoms with Gasteiger partial charge in [-0.05, 0) is 47.4 Å². The number of fused-ring (bicyclic) bond motifs is 1. The molecule has 0 aliphatic carbocycles. The van der Waals surface area contributed by atoms with Crippen LogP contribution in [0.5, 0.6) is 0 Å². The normalized spacial score (nSPS) is 20.4. The first-order valence-electron chi connectivity index (χ1n) is 15.4. The summed E-state index contributed by atoms with van der Waals surface area (Å²) >= 11 is 6.34. The van der Waals surface area contributed by atoms with Gasteiger partial charge in [0, 0.05) is 43.7 Å². The van der Waals surface area contributed by atoms with E-state index in [2.05, 4.69) is 4.72 Å². The Hall–Kier alpha value is -3.55. The van der Waals surface area contributed by atoms with E-state index in [9.17, 15) is 22.8 Å². The van der Waals surface area contributed by atoms with Gasteiger partial charge in [0.25, 0.3) is 5.91 Å². The minimum Gasteiger partial charge on any atom is -0.379 e. The molecule has 2 aliphatic rings. The Morgan fingerprint density at radius 1 is 1.04 bits per heavy atom. The average Bonchev–Trinajstić information content (AvgIpc) is 3.17. The molecule has 3 unspecified atom stereocenters. The summed E-state index contributed by atoms with van der Waals surface area (Å²) in [7, 11) is -3.79. The molecule has 3 aromatic carbocycles. The van der Waals surface area contributed by atoms with Gasteiger partial charge in [-0.2, -0.15) is 0 Å². The maximum absolute atomic E-state index is 14.5. The number of nitrogens with zero attached hydrogens (tertiary/aromatic N) is 3. The lowest BCUT2D eigenvalue weighted by Gasteiger charge is -2.36. The van der Waals surface area contributed by atoms with Gasteiger partial charge in [0.1, 0.15) is 12.1 Å². The van der Waals surface area contributed by atoms with Gasteiger partial charge in [-0.1, -0.05) is 66.2 Å². The van der Waals surface area contributed by atoms with E-state index in [1.165, 1.54) is 9.80 Å². The Morgan fingerprint density at radius 3 is 2.50 bits per heavy atom. The number of primary amides is 1. The molecule has 13 heteroatoms. The highest BCUT2D eigenvalue weighted by molar-refractivity contribution is 7.89. The minimum atomic E-state index is -3.79. The standard InChI is InChI=1S/C33H40ClN5O6S/c1-23-12-13-38(29(32(35)41)21-25-8-4-7-24-6-2-3-11-28(24)25)33(42)31(26-9-5-10-27(34)20-26)39(23)30(40)22-36-46(43,44)19-16-37-14-17-45-18-15-37/h2-11,20,23,29,31,36H,12-19,21-22H2,1H3,(H2,35,41). The van der Waals surface area contributed by atoms with Crippen molar-refractivity contribution in [1.29, 1.82) is 0 Å². The van der Waals surface area contributed by atoms with Crippen LogP contribution in [0.3, 0.4) is 0 Å². The molecule has 11 nitrogen and oxygen atoms in total. The number of morpholine rings is 1. The van der Waals surface area contributed by atoms with Crippen LogP contribution in [0, 0.1) is 0 Å². The summed E-state index contributed by atoms with van der Waals surface area (Å²) in [5, 5.41) is 2.32. The summed E-state index contributed by atoms with van der Waals surface area (Å²) in [5.41, 5.74) is 7.28. The third kappa shape index (κ3) is 8.05. The highest BCUT2D eigenvalue weighted by atomic mass is 35.5. The Kier molecular flexibility index (Phi) is 11.0. The van der Waals surface area contributed by atoms with Gasteiger partial charge in [-0.15, -0.1) is 0 Å². The lowest BCUT2D eigenvalue weighted by Crippen LogP contribution is -2.53. The zero-order chi connectivity index (χ0) is 32.8. The molecule has 2 saturated heterocycles. The highest BCUT2D eigenvalue weighted by Crippen LogP contribution is 2.33. The SMILES string of the molecule is CC1CCN(C(Cc2cccc3ccccc23)C(N)=O)C(=O)C(c2cccc(Cl)c2)N1C(=O)CNS(=O)(=O)CCN1CCOCC1. The van der Waals surface area contributed by atoms with Gasteiger partial charge in [0.05, 0.1) is 25.5 Å². The summed E-state index contributed by atoms with van der Waals surface area (Å²) in [6.07, 6.45) is 0.535. The van der Waals surface area contributed by atoms with Crippen molar-refractivity contribution in [3.8, 4) is 0 Å². The fourth-order valence-corrected chi connectivity index (χ4v) is 7.42. The summed E-state index contributed by atoms with van der Waals surface area (Å²) in [5.74, 6) is -1.88. The van der Waals surface area contributed by atoms with Crippen molar-refractivity contribution >= 4 is 50.1 Å². The molecule has 3 atom stereocenters. The van der Waals surface area contributed by atoms with Crippen LogP contribution in [0.2, 0.25) is 5.02 Å². The number of amides is 3. The number of nitrogens with two attached hydrogens (primary N) is 1. The molecule has 0 radical (unpaired) electrons. The van der Waals surface area contributed by atoms with Crippen LogP contribution in [0.25, 0.3) is 10.8 Å². The van der Waals surface area contributed by atoms with Crippen molar-refractivity contribution in [3.05, 3.63) is 82.9 Å². The van der Waals surface area contributed by atoms with Crippen molar-refractivity contribution in [1.82, 2.24) is 19.4 Å².